The van der Waals surface area contributed by atoms with Crippen LogP contribution >= 0.6 is 7.37 Å². The molecule has 0 rings (SSSR count). The predicted molar refractivity (Wildman–Crippen MR) is 151 cm³/mol. The Bertz CT molecular complexity index is 496. The summed E-state index contributed by atoms with van der Waals surface area (Å²) < 4.78 is 18.4. The summed E-state index contributed by atoms with van der Waals surface area (Å²) in [5.41, 5.74) is 0. The van der Waals surface area contributed by atoms with Gasteiger partial charge in [-0.1, -0.05) is 110 Å². The van der Waals surface area contributed by atoms with Crippen LogP contribution in [-0.4, -0.2) is 50.3 Å². The Labute approximate surface area is 213 Å². The van der Waals surface area contributed by atoms with E-state index < -0.39 is 7.37 Å². The third-order valence-corrected chi connectivity index (χ3v) is 9.47. The first-order valence-electron chi connectivity index (χ1n) is 14.8. The molecule has 0 aromatic heterocycles. The molecule has 0 spiro atoms. The van der Waals surface area contributed by atoms with Gasteiger partial charge in [0.05, 0.1) is 6.61 Å². The van der Waals surface area contributed by atoms with Gasteiger partial charge in [-0.15, -0.1) is 0 Å². The maximum Gasteiger partial charge on any atom is 0.202 e. The van der Waals surface area contributed by atoms with Crippen molar-refractivity contribution in [2.45, 2.75) is 142 Å². The topological polar surface area (TPSA) is 46.6 Å². The van der Waals surface area contributed by atoms with Crippen molar-refractivity contribution in [3.05, 3.63) is 0 Å². The van der Waals surface area contributed by atoms with E-state index in [4.69, 9.17) is 4.52 Å². The van der Waals surface area contributed by atoms with E-state index in [1.165, 1.54) is 89.9 Å². The quantitative estimate of drug-likeness (QED) is 0.0831. The summed E-state index contributed by atoms with van der Waals surface area (Å²) in [4.78, 5) is 14.2. The van der Waals surface area contributed by atoms with Gasteiger partial charge in [0, 0.05) is 31.7 Å². The molecule has 0 aromatic carbocycles. The fraction of sp³-hybridized carbons (Fsp3) is 0.966. The number of nitrogens with zero attached hydrogens (tertiary/aromatic N) is 1. The predicted octanol–water partition coefficient (Wildman–Crippen LogP) is 9.25. The van der Waals surface area contributed by atoms with Crippen LogP contribution in [0, 0.1) is 0 Å². The van der Waals surface area contributed by atoms with Crippen LogP contribution in [0.15, 0.2) is 0 Å². The molecule has 0 fully saturated rings. The van der Waals surface area contributed by atoms with Crippen LogP contribution in [0.4, 0.5) is 0 Å². The normalized spacial score (nSPS) is 13.4. The van der Waals surface area contributed by atoms with Crippen molar-refractivity contribution in [2.75, 3.05) is 39.6 Å². The van der Waals surface area contributed by atoms with E-state index in [0.29, 0.717) is 31.1 Å². The fourth-order valence-corrected chi connectivity index (χ4v) is 6.12. The van der Waals surface area contributed by atoms with Crippen molar-refractivity contribution in [3.63, 3.8) is 0 Å². The highest BCUT2D eigenvalue weighted by molar-refractivity contribution is 7.58. The van der Waals surface area contributed by atoms with Gasteiger partial charge in [0.25, 0.3) is 0 Å². The van der Waals surface area contributed by atoms with E-state index in [1.54, 1.807) is 0 Å². The van der Waals surface area contributed by atoms with Gasteiger partial charge in [-0.25, -0.2) is 0 Å². The molecule has 0 aromatic rings. The molecule has 0 heterocycles. The van der Waals surface area contributed by atoms with Crippen LogP contribution in [0.25, 0.3) is 0 Å². The van der Waals surface area contributed by atoms with Crippen molar-refractivity contribution in [3.8, 4) is 0 Å². The maximum absolute atomic E-state index is 12.7. The molecular weight excluding hydrogens is 441 g/mol. The molecule has 4 nitrogen and oxygen atoms in total. The lowest BCUT2D eigenvalue weighted by atomic mass is 10.0. The molecule has 0 aliphatic rings. The number of hydrogen-bond donors (Lipinski definition) is 0. The zero-order valence-corrected chi connectivity index (χ0v) is 24.5. The fourth-order valence-electron chi connectivity index (χ4n) is 4.37. The largest absolute Gasteiger partial charge is 0.327 e. The van der Waals surface area contributed by atoms with Gasteiger partial charge in [-0.3, -0.25) is 9.36 Å². The van der Waals surface area contributed by atoms with E-state index in [9.17, 15) is 9.36 Å². The second-order valence-electron chi connectivity index (χ2n) is 10.5. The van der Waals surface area contributed by atoms with Gasteiger partial charge >= 0.3 is 0 Å². The molecular formula is C29H60NO3P. The third-order valence-electron chi connectivity index (χ3n) is 6.86. The summed E-state index contributed by atoms with van der Waals surface area (Å²) in [7, 11) is 1.51. The molecule has 34 heavy (non-hydrogen) atoms. The first-order valence-corrected chi connectivity index (χ1v) is 16.8. The van der Waals surface area contributed by atoms with E-state index >= 15 is 0 Å². The van der Waals surface area contributed by atoms with E-state index in [-0.39, 0.29) is 0 Å². The number of unbranched alkanes of at least 4 members (excludes halogenated alkanes) is 16. The second kappa shape index (κ2) is 24.5. The van der Waals surface area contributed by atoms with Crippen LogP contribution < -0.4 is 0 Å². The molecule has 0 N–H and O–H groups in total. The number of carbonyl (C=O) groups is 1. The Morgan fingerprint density at radius 1 is 0.647 bits per heavy atom. The van der Waals surface area contributed by atoms with Gasteiger partial charge in [0.15, 0.2) is 0 Å². The Balaban J connectivity index is 3.43. The molecule has 5 heteroatoms. The second-order valence-corrected chi connectivity index (χ2v) is 13.5. The van der Waals surface area contributed by atoms with E-state index in [0.717, 1.165) is 38.6 Å². The van der Waals surface area contributed by atoms with Crippen LogP contribution in [0.1, 0.15) is 142 Å². The molecule has 0 saturated heterocycles. The molecule has 1 atom stereocenters. The number of ketones is 1. The summed E-state index contributed by atoms with van der Waals surface area (Å²) in [5.74, 6) is 0.413. The van der Waals surface area contributed by atoms with Crippen LogP contribution in [0.3, 0.4) is 0 Å². The lowest BCUT2D eigenvalue weighted by molar-refractivity contribution is -0.119. The third kappa shape index (κ3) is 23.6. The summed E-state index contributed by atoms with van der Waals surface area (Å²) in [6, 6.07) is 0. The lowest BCUT2D eigenvalue weighted by Crippen LogP contribution is -2.18. The zero-order valence-electron chi connectivity index (χ0n) is 23.6. The molecule has 0 radical (unpaired) electrons. The standard InChI is InChI=1S/C29H60NO3P/c1-5-7-8-9-10-11-12-13-14-15-16-17-18-19-21-24-29(31)25-22-20-23-28-34(32,6-2)33-27-26-30(3)4/h5-28H2,1-4H3. The van der Waals surface area contributed by atoms with Crippen molar-refractivity contribution < 1.29 is 13.9 Å². The molecule has 1 unspecified atom stereocenters. The number of rotatable bonds is 27. The number of hydrogen-bond acceptors (Lipinski definition) is 4. The summed E-state index contributed by atoms with van der Waals surface area (Å²) >= 11 is 0. The van der Waals surface area contributed by atoms with Crippen molar-refractivity contribution in [2.24, 2.45) is 0 Å². The Kier molecular flexibility index (Phi) is 24.4. The summed E-state index contributed by atoms with van der Waals surface area (Å²) in [6.45, 7) is 5.58. The molecule has 0 amide bonds. The Morgan fingerprint density at radius 2 is 1.06 bits per heavy atom. The van der Waals surface area contributed by atoms with Gasteiger partial charge in [-0.05, 0) is 33.4 Å². The summed E-state index contributed by atoms with van der Waals surface area (Å²) in [5, 5.41) is 0. The summed E-state index contributed by atoms with van der Waals surface area (Å²) in [6.07, 6.45) is 25.9. The smallest absolute Gasteiger partial charge is 0.202 e. The highest BCUT2D eigenvalue weighted by Crippen LogP contribution is 2.47. The average Bonchev–Trinajstić information content (AvgIpc) is 2.81. The van der Waals surface area contributed by atoms with Gasteiger partial charge in [-0.2, -0.15) is 0 Å². The molecule has 0 bridgehead atoms. The van der Waals surface area contributed by atoms with Gasteiger partial charge in [0.2, 0.25) is 7.37 Å². The lowest BCUT2D eigenvalue weighted by Gasteiger charge is -2.18. The monoisotopic (exact) mass is 501 g/mol. The number of carbonyl (C=O) groups excluding carboxylic acids is 1. The number of likely N-dealkylation sites (N-methyl/N-ethyl adjacent to an activating group) is 1. The van der Waals surface area contributed by atoms with Crippen LogP contribution in [-0.2, 0) is 13.9 Å². The first-order chi connectivity index (χ1) is 16.4. The highest BCUT2D eigenvalue weighted by atomic mass is 31.2. The van der Waals surface area contributed by atoms with E-state index in [1.807, 2.05) is 25.9 Å². The van der Waals surface area contributed by atoms with Crippen molar-refractivity contribution in [1.29, 1.82) is 0 Å². The van der Waals surface area contributed by atoms with E-state index in [2.05, 4.69) is 6.92 Å². The Hall–Kier alpha value is -0.180. The minimum atomic E-state index is -2.48. The molecule has 0 saturated carbocycles. The first kappa shape index (κ1) is 33.8. The SMILES string of the molecule is CCCCCCCCCCCCCCCCCC(=O)CCCCCP(=O)(CC)OCCN(C)C. The molecule has 0 aliphatic carbocycles. The van der Waals surface area contributed by atoms with Gasteiger partial charge in [0.1, 0.15) is 5.78 Å². The minimum absolute atomic E-state index is 0.413. The van der Waals surface area contributed by atoms with Crippen molar-refractivity contribution in [1.82, 2.24) is 4.90 Å². The zero-order chi connectivity index (χ0) is 25.3. The molecule has 0 aliphatic heterocycles. The maximum atomic E-state index is 12.7. The van der Waals surface area contributed by atoms with Crippen molar-refractivity contribution >= 4 is 13.2 Å². The van der Waals surface area contributed by atoms with Crippen LogP contribution in [0.2, 0.25) is 0 Å². The average molecular weight is 502 g/mol. The Morgan fingerprint density at radius 3 is 1.47 bits per heavy atom. The number of Topliss-reactive ketones (excluding diaryl/α,β-unsaturated/α-hetero) is 1. The highest BCUT2D eigenvalue weighted by Gasteiger charge is 2.19. The molecule has 204 valence electrons. The van der Waals surface area contributed by atoms with Crippen LogP contribution in [0.5, 0.6) is 0 Å². The minimum Gasteiger partial charge on any atom is -0.327 e. The van der Waals surface area contributed by atoms with Gasteiger partial charge < -0.3 is 9.42 Å².